The van der Waals surface area contributed by atoms with Gasteiger partial charge in [0.25, 0.3) is 11.8 Å². The molecule has 10 N–H and O–H groups in total. The quantitative estimate of drug-likeness (QED) is 0.0788. The summed E-state index contributed by atoms with van der Waals surface area (Å²) < 4.78 is 38.3. The number of primary amides is 2. The van der Waals surface area contributed by atoms with E-state index in [1.807, 2.05) is 13.8 Å². The monoisotopic (exact) mass is 1290 g/mol. The van der Waals surface area contributed by atoms with Crippen LogP contribution in [0.15, 0.2) is 130 Å². The van der Waals surface area contributed by atoms with E-state index < -0.39 is 108 Å². The molecule has 512 valence electrons. The van der Waals surface area contributed by atoms with E-state index in [0.29, 0.717) is 24.0 Å². The molecular formula is C68H103N7O17. The zero-order valence-electron chi connectivity index (χ0n) is 57.1. The number of likely N-dealkylation sites (N-methyl/N-ethyl adjacent to an activating group) is 1. The molecule has 2 aliphatic carbocycles. The van der Waals surface area contributed by atoms with E-state index in [1.54, 1.807) is 77.2 Å². The zero-order valence-corrected chi connectivity index (χ0v) is 57.1. The smallest absolute Gasteiger partial charge is 0.405 e. The second-order valence-electron chi connectivity index (χ2n) is 24.7. The van der Waals surface area contributed by atoms with Crippen molar-refractivity contribution in [2.45, 2.75) is 156 Å². The Kier molecular flexibility index (Phi) is 34.4. The van der Waals surface area contributed by atoms with Crippen molar-refractivity contribution in [2.75, 3.05) is 69.3 Å². The highest BCUT2D eigenvalue weighted by Gasteiger charge is 2.36. The van der Waals surface area contributed by atoms with Gasteiger partial charge in [-0.3, -0.25) is 28.8 Å². The number of aliphatic hydroxyl groups excluding tert-OH is 2. The molecular weight excluding hydrogens is 1190 g/mol. The van der Waals surface area contributed by atoms with Crippen LogP contribution in [0.1, 0.15) is 102 Å². The summed E-state index contributed by atoms with van der Waals surface area (Å²) in [4.78, 5) is 104. The van der Waals surface area contributed by atoms with Crippen LogP contribution < -0.4 is 32.7 Å². The Morgan fingerprint density at radius 3 is 1.46 bits per heavy atom. The Balaban J connectivity index is 0.000000545. The number of aliphatic hydroxyl groups is 2. The molecule has 2 heterocycles. The maximum Gasteiger partial charge on any atom is 0.405 e. The molecule has 0 spiro atoms. The van der Waals surface area contributed by atoms with Crippen molar-refractivity contribution in [3.8, 4) is 0 Å². The number of carbonyl (C=O) groups excluding carboxylic acids is 8. The minimum absolute atomic E-state index is 0.0801. The van der Waals surface area contributed by atoms with Gasteiger partial charge in [0.2, 0.25) is 23.1 Å². The van der Waals surface area contributed by atoms with Crippen molar-refractivity contribution in [1.82, 2.24) is 26.2 Å². The summed E-state index contributed by atoms with van der Waals surface area (Å²) in [6.07, 6.45) is 8.95. The Hall–Kier alpha value is -7.42. The second kappa shape index (κ2) is 39.2. The number of hydrogen-bond acceptors (Lipinski definition) is 20. The number of fused-ring (bicyclic) bond motifs is 4. The largest absolute Gasteiger partial charge is 0.492 e. The molecule has 12 atom stereocenters. The normalized spacial score (nSPS) is 30.0. The SMILES string of the molecule is C=CCNC1=C2C[C@@H](C)C[C@H](OC)[C@H](O)[C@@H](C)/C=C(\C)[C@H](OC(N)=O)[C@@H](OC)/C=C\C=C(/C)C(=O)NC(=CC1=O)C2=O.CN(C)CCNC(C)(C)C.COC1=C2C[C@@H](C)C[C@H](OC)[C@H](O)[C@@H](C)/C=C(\C)[C@H](OC(N)=O)[C@@H](OC)/C=C\C=C(/C)C(=O)NC(=CC1=O)C2=O. The van der Waals surface area contributed by atoms with Crippen LogP contribution >= 0.6 is 0 Å². The average molecular weight is 1290 g/mol. The van der Waals surface area contributed by atoms with Crippen LogP contribution in [0.3, 0.4) is 0 Å². The molecule has 4 rings (SSSR count). The number of methoxy groups -OCH3 is 5. The molecule has 0 fully saturated rings. The van der Waals surface area contributed by atoms with Gasteiger partial charge in [-0.25, -0.2) is 9.59 Å². The molecule has 2 aliphatic heterocycles. The molecule has 0 aromatic carbocycles. The first kappa shape index (κ1) is 80.7. The number of carbonyl (C=O) groups is 8. The van der Waals surface area contributed by atoms with Crippen LogP contribution in [0.4, 0.5) is 9.59 Å². The van der Waals surface area contributed by atoms with E-state index in [0.717, 1.165) is 25.2 Å². The number of nitrogens with two attached hydrogens (primary N) is 2. The highest BCUT2D eigenvalue weighted by Crippen LogP contribution is 2.32. The number of nitrogens with one attached hydrogen (secondary N) is 4. The summed E-state index contributed by atoms with van der Waals surface area (Å²) >= 11 is 0. The highest BCUT2D eigenvalue weighted by atomic mass is 16.6. The summed E-state index contributed by atoms with van der Waals surface area (Å²) in [7, 11) is 11.3. The molecule has 4 bridgehead atoms. The molecule has 0 aromatic rings. The molecule has 0 aromatic heterocycles. The van der Waals surface area contributed by atoms with Crippen molar-refractivity contribution in [2.24, 2.45) is 35.1 Å². The molecule has 0 radical (unpaired) electrons. The van der Waals surface area contributed by atoms with Gasteiger partial charge in [-0.15, -0.1) is 6.58 Å². The summed E-state index contributed by atoms with van der Waals surface area (Å²) in [6, 6.07) is 0. The van der Waals surface area contributed by atoms with Gasteiger partial charge in [0.1, 0.15) is 12.2 Å². The Bertz CT molecular complexity index is 2940. The molecule has 0 saturated heterocycles. The first-order valence-corrected chi connectivity index (χ1v) is 30.5. The third-order valence-corrected chi connectivity index (χ3v) is 15.4. The third kappa shape index (κ3) is 25.9. The third-order valence-electron chi connectivity index (χ3n) is 15.4. The number of amides is 4. The molecule has 92 heavy (non-hydrogen) atoms. The van der Waals surface area contributed by atoms with E-state index in [4.69, 9.17) is 44.6 Å². The molecule has 4 amide bonds. The number of Topliss-reactive ketones (excluding diaryl/α,β-unsaturated/α-hetero) is 2. The van der Waals surface area contributed by atoms with Crippen LogP contribution in [0, 0.1) is 23.7 Å². The summed E-state index contributed by atoms with van der Waals surface area (Å²) in [5, 5.41) is 33.8. The first-order valence-electron chi connectivity index (χ1n) is 30.5. The van der Waals surface area contributed by atoms with Crippen LogP contribution in [-0.4, -0.2) is 186 Å². The van der Waals surface area contributed by atoms with Crippen molar-refractivity contribution < 1.29 is 81.7 Å². The Labute approximate surface area is 543 Å². The summed E-state index contributed by atoms with van der Waals surface area (Å²) in [6.45, 7) is 26.5. The highest BCUT2D eigenvalue weighted by molar-refractivity contribution is 6.24. The topological polar surface area (TPSA) is 345 Å². The summed E-state index contributed by atoms with van der Waals surface area (Å²) in [5.74, 6) is -4.53. The lowest BCUT2D eigenvalue weighted by atomic mass is 9.85. The van der Waals surface area contributed by atoms with Gasteiger partial charge in [0.15, 0.2) is 18.0 Å². The Morgan fingerprint density at radius 1 is 0.674 bits per heavy atom. The number of ether oxygens (including phenoxy) is 7. The van der Waals surface area contributed by atoms with Gasteiger partial charge in [-0.1, -0.05) is 82.4 Å². The van der Waals surface area contributed by atoms with E-state index in [2.05, 4.69) is 67.6 Å². The maximum absolute atomic E-state index is 13.5. The van der Waals surface area contributed by atoms with Crippen LogP contribution in [0.5, 0.6) is 0 Å². The van der Waals surface area contributed by atoms with Crippen LogP contribution in [0.2, 0.25) is 0 Å². The van der Waals surface area contributed by atoms with E-state index in [-0.39, 0.29) is 81.9 Å². The lowest BCUT2D eigenvalue weighted by Crippen LogP contribution is -2.39. The molecule has 24 heteroatoms. The number of ketones is 4. The Morgan fingerprint density at radius 2 is 1.09 bits per heavy atom. The maximum atomic E-state index is 13.5. The van der Waals surface area contributed by atoms with E-state index in [9.17, 15) is 48.6 Å². The van der Waals surface area contributed by atoms with Gasteiger partial charge < -0.3 is 81.0 Å². The van der Waals surface area contributed by atoms with Gasteiger partial charge in [-0.05, 0) is 111 Å². The van der Waals surface area contributed by atoms with Crippen molar-refractivity contribution in [3.05, 3.63) is 130 Å². The lowest BCUT2D eigenvalue weighted by Gasteiger charge is -2.30. The number of hydrogen-bond donors (Lipinski definition) is 8. The predicted molar refractivity (Wildman–Crippen MR) is 351 cm³/mol. The fourth-order valence-corrected chi connectivity index (χ4v) is 10.4. The van der Waals surface area contributed by atoms with Crippen molar-refractivity contribution in [1.29, 1.82) is 0 Å². The average Bonchev–Trinajstić information content (AvgIpc) is 0.934. The summed E-state index contributed by atoms with van der Waals surface area (Å²) in [5.41, 5.74) is 12.8. The van der Waals surface area contributed by atoms with Crippen molar-refractivity contribution >= 4 is 47.1 Å². The van der Waals surface area contributed by atoms with E-state index >= 15 is 0 Å². The minimum Gasteiger partial charge on any atom is -0.492 e. The van der Waals surface area contributed by atoms with Gasteiger partial charge >= 0.3 is 12.2 Å². The molecule has 24 nitrogen and oxygen atoms in total. The van der Waals surface area contributed by atoms with E-state index in [1.165, 1.54) is 54.6 Å². The van der Waals surface area contributed by atoms with Crippen LogP contribution in [0.25, 0.3) is 0 Å². The first-order chi connectivity index (χ1) is 43.1. The number of nitrogens with zero attached hydrogens (tertiary/aromatic N) is 1. The zero-order chi connectivity index (χ0) is 69.9. The van der Waals surface area contributed by atoms with Gasteiger partial charge in [0.05, 0.1) is 48.6 Å². The fourth-order valence-electron chi connectivity index (χ4n) is 10.4. The van der Waals surface area contributed by atoms with Gasteiger partial charge in [-0.2, -0.15) is 0 Å². The lowest BCUT2D eigenvalue weighted by molar-refractivity contribution is -0.121. The fraction of sp³-hybridized carbons (Fsp3) is 0.559. The standard InChI is InChI=1S/C31H43N3O8.C29H40N2O9.C8H20N2/c1-8-12-33-26-21-13-17(2)14-25(41-7)27(36)19(4)15-20(5)29(42-31(32)39)24(40-6)11-9-10-18(3)30(38)34-22(28(21)37)16-23(26)35;1-15-11-19-25(34)20(14-21(32)27(19)39-7)31-28(35)16(2)9-8-10-22(37-5)26(40-29(30)36)18(4)13-17(3)24(33)23(12-15)38-6;1-8(2,3)9-6-7-10(4)5/h8-11,15-17,19,24-25,27,29,33,36H,1,12-14H2,2-7H3,(H2,32,39)(H,34,38);8-10,13-15,17,22-24,26,33H,11-12H2,1-7H3,(H2,30,36)(H,31,35);9H,6-7H2,1-5H3/b11-9-,18-10+,20-15+;10-8-,16-9+,18-13+;/t17-,19+,24+,25+,27-,29+;15-,17+,22+,23+,24-,26+;/m11./s1. The van der Waals surface area contributed by atoms with Crippen LogP contribution in [-0.2, 0) is 61.9 Å². The second-order valence-corrected chi connectivity index (χ2v) is 24.7. The van der Waals surface area contributed by atoms with Crippen molar-refractivity contribution in [3.63, 3.8) is 0 Å². The number of rotatable bonds is 13. The molecule has 0 saturated carbocycles. The van der Waals surface area contributed by atoms with Gasteiger partial charge in [0, 0.05) is 99.9 Å². The molecule has 0 unspecified atom stereocenters. The number of allylic oxidation sites excluding steroid dienone is 8. The predicted octanol–water partition coefficient (Wildman–Crippen LogP) is 5.88. The molecule has 4 aliphatic rings. The minimum atomic E-state index is -1.00.